The van der Waals surface area contributed by atoms with Crippen molar-refractivity contribution in [3.05, 3.63) is 0 Å². The molecule has 1 heterocycles. The van der Waals surface area contributed by atoms with Crippen LogP contribution < -0.4 is 11.5 Å². The number of rotatable bonds is 1. The summed E-state index contributed by atoms with van der Waals surface area (Å²) < 4.78 is 10.6. The van der Waals surface area contributed by atoms with E-state index in [1.807, 2.05) is 13.8 Å². The van der Waals surface area contributed by atoms with E-state index in [0.717, 1.165) is 0 Å². The van der Waals surface area contributed by atoms with E-state index in [9.17, 15) is 0 Å². The average molecular weight is 146 g/mol. The Hall–Kier alpha value is -0.160. The van der Waals surface area contributed by atoms with E-state index in [1.54, 1.807) is 0 Å². The van der Waals surface area contributed by atoms with E-state index in [1.165, 1.54) is 0 Å². The highest BCUT2D eigenvalue weighted by Gasteiger charge is 2.34. The van der Waals surface area contributed by atoms with Crippen molar-refractivity contribution in [2.75, 3.05) is 6.61 Å². The van der Waals surface area contributed by atoms with Crippen LogP contribution >= 0.6 is 0 Å². The van der Waals surface area contributed by atoms with E-state index in [0.29, 0.717) is 6.61 Å². The molecule has 4 nitrogen and oxygen atoms in total. The van der Waals surface area contributed by atoms with Gasteiger partial charge in [-0.15, -0.1) is 0 Å². The first-order valence-electron chi connectivity index (χ1n) is 3.34. The standard InChI is InChI=1S/C6H14N2O2/c1-6(2)9-3-4(10-6)5(7)8/h4-5H,3,7-8H2,1-2H3/t4-/m1/s1. The van der Waals surface area contributed by atoms with Gasteiger partial charge in [0.15, 0.2) is 5.79 Å². The zero-order valence-corrected chi connectivity index (χ0v) is 6.33. The summed E-state index contributed by atoms with van der Waals surface area (Å²) in [5.74, 6) is -0.512. The van der Waals surface area contributed by atoms with Crippen LogP contribution in [-0.2, 0) is 9.47 Å². The highest BCUT2D eigenvalue weighted by atomic mass is 16.7. The Kier molecular flexibility index (Phi) is 1.96. The summed E-state index contributed by atoms with van der Waals surface area (Å²) >= 11 is 0. The topological polar surface area (TPSA) is 70.5 Å². The smallest absolute Gasteiger partial charge is 0.163 e. The lowest BCUT2D eigenvalue weighted by Crippen LogP contribution is -2.44. The van der Waals surface area contributed by atoms with Crippen molar-refractivity contribution < 1.29 is 9.47 Å². The fourth-order valence-corrected chi connectivity index (χ4v) is 0.905. The van der Waals surface area contributed by atoms with Crippen molar-refractivity contribution in [2.24, 2.45) is 11.5 Å². The molecule has 0 aliphatic carbocycles. The number of hydrogen-bond acceptors (Lipinski definition) is 4. The lowest BCUT2D eigenvalue weighted by atomic mass is 10.3. The highest BCUT2D eigenvalue weighted by molar-refractivity contribution is 4.76. The van der Waals surface area contributed by atoms with Crippen molar-refractivity contribution in [1.29, 1.82) is 0 Å². The monoisotopic (exact) mass is 146 g/mol. The normalized spacial score (nSPS) is 31.5. The molecule has 1 fully saturated rings. The zero-order chi connectivity index (χ0) is 7.78. The molecule has 0 amide bonds. The first-order valence-corrected chi connectivity index (χ1v) is 3.34. The van der Waals surface area contributed by atoms with Gasteiger partial charge in [-0.3, -0.25) is 0 Å². The zero-order valence-electron chi connectivity index (χ0n) is 6.33. The lowest BCUT2D eigenvalue weighted by Gasteiger charge is -2.18. The van der Waals surface area contributed by atoms with E-state index in [2.05, 4.69) is 0 Å². The maximum absolute atomic E-state index is 5.39. The van der Waals surface area contributed by atoms with Gasteiger partial charge in [0.25, 0.3) is 0 Å². The number of ether oxygens (including phenoxy) is 2. The summed E-state index contributed by atoms with van der Waals surface area (Å²) in [6.07, 6.45) is -0.600. The van der Waals surface area contributed by atoms with Gasteiger partial charge in [-0.05, 0) is 13.8 Å². The Morgan fingerprint density at radius 3 is 2.30 bits per heavy atom. The number of hydrogen-bond donors (Lipinski definition) is 2. The summed E-state index contributed by atoms with van der Waals surface area (Å²) in [6.45, 7) is 4.18. The molecule has 0 aromatic carbocycles. The Labute approximate surface area is 60.5 Å². The Morgan fingerprint density at radius 2 is 2.10 bits per heavy atom. The van der Waals surface area contributed by atoms with Crippen LogP contribution in [0.15, 0.2) is 0 Å². The summed E-state index contributed by atoms with van der Waals surface area (Å²) in [6, 6.07) is 0. The van der Waals surface area contributed by atoms with Gasteiger partial charge in [-0.2, -0.15) is 0 Å². The minimum atomic E-state index is -0.512. The molecule has 0 aromatic heterocycles. The second-order valence-corrected chi connectivity index (χ2v) is 2.94. The fraction of sp³-hybridized carbons (Fsp3) is 1.00. The van der Waals surface area contributed by atoms with Gasteiger partial charge >= 0.3 is 0 Å². The summed E-state index contributed by atoms with van der Waals surface area (Å²) in [5.41, 5.74) is 10.8. The van der Waals surface area contributed by atoms with Gasteiger partial charge in [0.05, 0.1) is 12.8 Å². The Bertz CT molecular complexity index is 125. The fourth-order valence-electron chi connectivity index (χ4n) is 0.905. The van der Waals surface area contributed by atoms with Crippen LogP contribution in [0.4, 0.5) is 0 Å². The van der Waals surface area contributed by atoms with Crippen LogP contribution in [0.5, 0.6) is 0 Å². The maximum Gasteiger partial charge on any atom is 0.163 e. The third-order valence-corrected chi connectivity index (χ3v) is 1.46. The molecule has 0 bridgehead atoms. The molecule has 1 atom stereocenters. The van der Waals surface area contributed by atoms with Gasteiger partial charge in [0, 0.05) is 0 Å². The maximum atomic E-state index is 5.39. The predicted octanol–water partition coefficient (Wildman–Crippen LogP) is -0.619. The number of nitrogens with two attached hydrogens (primary N) is 2. The van der Waals surface area contributed by atoms with Gasteiger partial charge in [0.1, 0.15) is 6.10 Å². The average Bonchev–Trinajstić information content (AvgIpc) is 2.10. The minimum absolute atomic E-state index is 0.157. The van der Waals surface area contributed by atoms with Gasteiger partial charge in [-0.25, -0.2) is 0 Å². The largest absolute Gasteiger partial charge is 0.348 e. The van der Waals surface area contributed by atoms with Crippen molar-refractivity contribution >= 4 is 0 Å². The van der Waals surface area contributed by atoms with E-state index >= 15 is 0 Å². The molecule has 4 N–H and O–H groups in total. The molecule has 0 radical (unpaired) electrons. The van der Waals surface area contributed by atoms with Crippen LogP contribution in [0.2, 0.25) is 0 Å². The second kappa shape index (κ2) is 2.47. The van der Waals surface area contributed by atoms with Crippen molar-refractivity contribution in [3.8, 4) is 0 Å². The lowest BCUT2D eigenvalue weighted by molar-refractivity contribution is -0.140. The van der Waals surface area contributed by atoms with Gasteiger partial charge < -0.3 is 20.9 Å². The second-order valence-electron chi connectivity index (χ2n) is 2.94. The van der Waals surface area contributed by atoms with Gasteiger partial charge in [0.2, 0.25) is 0 Å². The molecule has 0 unspecified atom stereocenters. The Morgan fingerprint density at radius 1 is 1.50 bits per heavy atom. The van der Waals surface area contributed by atoms with E-state index in [4.69, 9.17) is 20.9 Å². The molecule has 4 heteroatoms. The van der Waals surface area contributed by atoms with Crippen molar-refractivity contribution in [1.82, 2.24) is 0 Å². The molecule has 1 aliphatic heterocycles. The molecule has 0 aromatic rings. The molecule has 1 rings (SSSR count). The Balaban J connectivity index is 2.43. The predicted molar refractivity (Wildman–Crippen MR) is 37.1 cm³/mol. The van der Waals surface area contributed by atoms with E-state index < -0.39 is 12.0 Å². The van der Waals surface area contributed by atoms with Crippen LogP contribution in [-0.4, -0.2) is 24.7 Å². The van der Waals surface area contributed by atoms with Crippen LogP contribution in [0, 0.1) is 0 Å². The first-order chi connectivity index (χ1) is 4.51. The molecular weight excluding hydrogens is 132 g/mol. The molecule has 1 aliphatic rings. The van der Waals surface area contributed by atoms with Gasteiger partial charge in [-0.1, -0.05) is 0 Å². The van der Waals surface area contributed by atoms with E-state index in [-0.39, 0.29) is 6.10 Å². The summed E-state index contributed by atoms with van der Waals surface area (Å²) in [7, 11) is 0. The SMILES string of the molecule is CC1(C)OC[C@H](C(N)N)O1. The van der Waals surface area contributed by atoms with Crippen LogP contribution in [0.1, 0.15) is 13.8 Å². The molecule has 1 saturated heterocycles. The van der Waals surface area contributed by atoms with Crippen molar-refractivity contribution in [3.63, 3.8) is 0 Å². The van der Waals surface area contributed by atoms with Crippen LogP contribution in [0.3, 0.4) is 0 Å². The third kappa shape index (κ3) is 1.67. The minimum Gasteiger partial charge on any atom is -0.348 e. The molecule has 60 valence electrons. The third-order valence-electron chi connectivity index (χ3n) is 1.46. The quantitative estimate of drug-likeness (QED) is 0.484. The molecular formula is C6H14N2O2. The first kappa shape index (κ1) is 7.94. The highest BCUT2D eigenvalue weighted by Crippen LogP contribution is 2.22. The summed E-state index contributed by atoms with van der Waals surface area (Å²) in [5, 5.41) is 0. The molecule has 10 heavy (non-hydrogen) atoms. The van der Waals surface area contributed by atoms with Crippen LogP contribution in [0.25, 0.3) is 0 Å². The summed E-state index contributed by atoms with van der Waals surface area (Å²) in [4.78, 5) is 0. The molecule has 0 spiro atoms. The van der Waals surface area contributed by atoms with Crippen molar-refractivity contribution in [2.45, 2.75) is 31.9 Å². The molecule has 0 saturated carbocycles.